The molecule has 0 radical (unpaired) electrons. The molecule has 9 heteroatoms. The lowest BCUT2D eigenvalue weighted by Gasteiger charge is -2.34. The van der Waals surface area contributed by atoms with Gasteiger partial charge in [0.2, 0.25) is 11.8 Å². The van der Waals surface area contributed by atoms with Crippen LogP contribution in [0.25, 0.3) is 0 Å². The maximum atomic E-state index is 13.5. The summed E-state index contributed by atoms with van der Waals surface area (Å²) in [7, 11) is 6.03. The van der Waals surface area contributed by atoms with Crippen LogP contribution in [0.3, 0.4) is 0 Å². The molecule has 0 unspecified atom stereocenters. The van der Waals surface area contributed by atoms with Crippen molar-refractivity contribution in [1.82, 2.24) is 14.7 Å². The first kappa shape index (κ1) is 34.0. The monoisotopic (exact) mass is 616 g/mol. The Balaban J connectivity index is 1.48. The summed E-state index contributed by atoms with van der Waals surface area (Å²) in [5.74, 6) is 2.08. The van der Waals surface area contributed by atoms with E-state index in [0.29, 0.717) is 37.5 Å². The van der Waals surface area contributed by atoms with Gasteiger partial charge in [0.15, 0.2) is 0 Å². The number of carbonyl (C=O) groups is 2. The van der Waals surface area contributed by atoms with Crippen LogP contribution in [0, 0.1) is 5.92 Å². The summed E-state index contributed by atoms with van der Waals surface area (Å²) in [6.45, 7) is 6.47. The second-order valence-corrected chi connectivity index (χ2v) is 12.4. The smallest absolute Gasteiger partial charge is 0.227 e. The van der Waals surface area contributed by atoms with Crippen LogP contribution in [-0.2, 0) is 22.6 Å². The Morgan fingerprint density at radius 1 is 1.07 bits per heavy atom. The Hall–Kier alpha value is -3.92. The molecule has 9 nitrogen and oxygen atoms in total. The standard InChI is InChI=1S/C36H48N4O5/c1-26-22-40(27(2)25-41)36(43)21-29-20-30(37-35(42)12-9-19-38(3)4)15-18-33(29)45-34(26)24-39(5)23-28-13-16-32(17-14-28)44-31-10-7-6-8-11-31/h6-8,10-11,13-18,20,26-27,34,41H,9,12,19,21-25H2,1-5H3,(H,37,42)/t26-,27+,34+/m0/s1. The number of amides is 2. The van der Waals surface area contributed by atoms with E-state index >= 15 is 0 Å². The fourth-order valence-corrected chi connectivity index (χ4v) is 5.48. The Labute approximate surface area is 267 Å². The molecule has 3 aromatic carbocycles. The molecule has 0 spiro atoms. The predicted octanol–water partition coefficient (Wildman–Crippen LogP) is 5.04. The molecule has 0 saturated carbocycles. The lowest BCUT2D eigenvalue weighted by atomic mass is 10.0. The van der Waals surface area contributed by atoms with Crippen LogP contribution >= 0.6 is 0 Å². The molecule has 4 rings (SSSR count). The molecule has 3 atom stereocenters. The summed E-state index contributed by atoms with van der Waals surface area (Å²) < 4.78 is 12.6. The van der Waals surface area contributed by atoms with Crippen molar-refractivity contribution in [2.24, 2.45) is 5.92 Å². The number of aliphatic hydroxyl groups is 1. The van der Waals surface area contributed by atoms with Gasteiger partial charge in [0.1, 0.15) is 23.4 Å². The summed E-state index contributed by atoms with van der Waals surface area (Å²) in [6.07, 6.45) is 1.08. The molecule has 3 aromatic rings. The number of nitrogens with one attached hydrogen (secondary N) is 1. The topological polar surface area (TPSA) is 94.6 Å². The fraction of sp³-hybridized carbons (Fsp3) is 0.444. The first-order chi connectivity index (χ1) is 21.6. The van der Waals surface area contributed by atoms with E-state index in [2.05, 4.69) is 41.2 Å². The van der Waals surface area contributed by atoms with Crippen LogP contribution in [0.1, 0.15) is 37.8 Å². The van der Waals surface area contributed by atoms with E-state index in [9.17, 15) is 14.7 Å². The number of carbonyl (C=O) groups excluding carboxylic acids is 2. The highest BCUT2D eigenvalue weighted by atomic mass is 16.5. The molecule has 45 heavy (non-hydrogen) atoms. The van der Waals surface area contributed by atoms with Crippen molar-refractivity contribution in [3.8, 4) is 17.2 Å². The molecular formula is C36H48N4O5. The molecular weight excluding hydrogens is 568 g/mol. The Bertz CT molecular complexity index is 1380. The van der Waals surface area contributed by atoms with Gasteiger partial charge in [-0.05, 0) is 89.1 Å². The van der Waals surface area contributed by atoms with Gasteiger partial charge in [-0.2, -0.15) is 0 Å². The number of ether oxygens (including phenoxy) is 2. The Morgan fingerprint density at radius 2 is 1.78 bits per heavy atom. The minimum absolute atomic E-state index is 0.00549. The van der Waals surface area contributed by atoms with Crippen molar-refractivity contribution in [2.45, 2.75) is 51.8 Å². The zero-order chi connectivity index (χ0) is 32.3. The fourth-order valence-electron chi connectivity index (χ4n) is 5.48. The Kier molecular flexibility index (Phi) is 12.4. The van der Waals surface area contributed by atoms with E-state index in [0.717, 1.165) is 35.6 Å². The number of likely N-dealkylation sites (N-methyl/N-ethyl adjacent to an activating group) is 1. The number of hydrogen-bond acceptors (Lipinski definition) is 7. The molecule has 2 N–H and O–H groups in total. The number of aliphatic hydroxyl groups excluding tert-OH is 1. The van der Waals surface area contributed by atoms with Crippen molar-refractivity contribution in [3.63, 3.8) is 0 Å². The van der Waals surface area contributed by atoms with E-state index in [1.165, 1.54) is 0 Å². The molecule has 1 aliphatic heterocycles. The minimum Gasteiger partial charge on any atom is -0.488 e. The SMILES string of the molecule is C[C@H](CO)N1C[C@H](C)[C@@H](CN(C)Cc2ccc(Oc3ccccc3)cc2)Oc2ccc(NC(=O)CCCN(C)C)cc2CC1=O. The number of fused-ring (bicyclic) bond motifs is 1. The molecule has 2 amide bonds. The second-order valence-electron chi connectivity index (χ2n) is 12.4. The average Bonchev–Trinajstić information content (AvgIpc) is 3.05. The number of hydrogen-bond donors (Lipinski definition) is 2. The highest BCUT2D eigenvalue weighted by Crippen LogP contribution is 2.30. The predicted molar refractivity (Wildman–Crippen MR) is 178 cm³/mol. The molecule has 0 fully saturated rings. The summed E-state index contributed by atoms with van der Waals surface area (Å²) in [5, 5.41) is 12.9. The quantitative estimate of drug-likeness (QED) is 0.278. The van der Waals surface area contributed by atoms with E-state index in [1.54, 1.807) is 4.90 Å². The van der Waals surface area contributed by atoms with Crippen molar-refractivity contribution in [2.75, 3.05) is 52.7 Å². The van der Waals surface area contributed by atoms with E-state index in [1.807, 2.05) is 81.7 Å². The van der Waals surface area contributed by atoms with Crippen molar-refractivity contribution in [3.05, 3.63) is 83.9 Å². The van der Waals surface area contributed by atoms with Crippen LogP contribution in [-0.4, -0.2) is 91.2 Å². The van der Waals surface area contributed by atoms with Crippen molar-refractivity contribution >= 4 is 17.5 Å². The van der Waals surface area contributed by atoms with E-state index in [4.69, 9.17) is 9.47 Å². The summed E-state index contributed by atoms with van der Waals surface area (Å²) in [4.78, 5) is 32.1. The summed E-state index contributed by atoms with van der Waals surface area (Å²) >= 11 is 0. The first-order valence-electron chi connectivity index (χ1n) is 15.8. The van der Waals surface area contributed by atoms with Crippen LogP contribution in [0.4, 0.5) is 5.69 Å². The van der Waals surface area contributed by atoms with Gasteiger partial charge in [-0.1, -0.05) is 37.3 Å². The normalized spacial score (nSPS) is 17.6. The van der Waals surface area contributed by atoms with Gasteiger partial charge < -0.3 is 29.7 Å². The molecule has 0 aliphatic carbocycles. The number of nitrogens with zero attached hydrogens (tertiary/aromatic N) is 3. The maximum absolute atomic E-state index is 13.5. The van der Waals surface area contributed by atoms with Gasteiger partial charge in [-0.15, -0.1) is 0 Å². The van der Waals surface area contributed by atoms with Crippen LogP contribution in [0.5, 0.6) is 17.2 Å². The maximum Gasteiger partial charge on any atom is 0.227 e. The van der Waals surface area contributed by atoms with Gasteiger partial charge >= 0.3 is 0 Å². The molecule has 242 valence electrons. The minimum atomic E-state index is -0.323. The zero-order valence-corrected chi connectivity index (χ0v) is 27.2. The lowest BCUT2D eigenvalue weighted by Crippen LogP contribution is -2.47. The van der Waals surface area contributed by atoms with Crippen molar-refractivity contribution in [1.29, 1.82) is 0 Å². The first-order valence-corrected chi connectivity index (χ1v) is 15.8. The third-order valence-electron chi connectivity index (χ3n) is 8.06. The van der Waals surface area contributed by atoms with Gasteiger partial charge in [-0.3, -0.25) is 14.5 Å². The largest absolute Gasteiger partial charge is 0.488 e. The molecule has 0 aromatic heterocycles. The van der Waals surface area contributed by atoms with Gasteiger partial charge in [-0.25, -0.2) is 0 Å². The lowest BCUT2D eigenvalue weighted by molar-refractivity contribution is -0.134. The molecule has 1 aliphatic rings. The highest BCUT2D eigenvalue weighted by molar-refractivity contribution is 5.91. The summed E-state index contributed by atoms with van der Waals surface area (Å²) in [5.41, 5.74) is 2.50. The van der Waals surface area contributed by atoms with E-state index in [-0.39, 0.29) is 42.9 Å². The molecule has 0 bridgehead atoms. The Morgan fingerprint density at radius 3 is 2.47 bits per heavy atom. The van der Waals surface area contributed by atoms with Gasteiger partial charge in [0, 0.05) is 43.2 Å². The molecule has 0 saturated heterocycles. The third-order valence-corrected chi connectivity index (χ3v) is 8.06. The second kappa shape index (κ2) is 16.4. The summed E-state index contributed by atoms with van der Waals surface area (Å²) in [6, 6.07) is 23.0. The number of benzene rings is 3. The van der Waals surface area contributed by atoms with Crippen LogP contribution in [0.2, 0.25) is 0 Å². The molecule has 1 heterocycles. The zero-order valence-electron chi connectivity index (χ0n) is 27.2. The third kappa shape index (κ3) is 10.3. The van der Waals surface area contributed by atoms with E-state index < -0.39 is 0 Å². The van der Waals surface area contributed by atoms with Crippen LogP contribution in [0.15, 0.2) is 72.8 Å². The number of anilines is 1. The van der Waals surface area contributed by atoms with Crippen LogP contribution < -0.4 is 14.8 Å². The van der Waals surface area contributed by atoms with Gasteiger partial charge in [0.05, 0.1) is 19.1 Å². The number of para-hydroxylation sites is 1. The van der Waals surface area contributed by atoms with Gasteiger partial charge in [0.25, 0.3) is 0 Å². The highest BCUT2D eigenvalue weighted by Gasteiger charge is 2.31. The van der Waals surface area contributed by atoms with Crippen molar-refractivity contribution < 1.29 is 24.2 Å². The average molecular weight is 617 g/mol. The number of rotatable bonds is 13.